The first kappa shape index (κ1) is 14.2. The molecule has 1 aromatic rings. The van der Waals surface area contributed by atoms with Gasteiger partial charge in [0.15, 0.2) is 11.5 Å². The van der Waals surface area contributed by atoms with E-state index < -0.39 is 6.04 Å². The van der Waals surface area contributed by atoms with Gasteiger partial charge < -0.3 is 20.5 Å². The Balaban J connectivity index is 1.83. The predicted molar refractivity (Wildman–Crippen MR) is 75.6 cm³/mol. The number of amides is 1. The third kappa shape index (κ3) is 3.65. The standard InChI is InChI=1S/C15H18N2O3/c1-2-3-12(16)15(18)17-7-6-11-4-5-13-14(10-11)20-9-8-19-13/h1,4-5,10,12H,3,6-9,16H2,(H,17,18). The van der Waals surface area contributed by atoms with Gasteiger partial charge in [0.25, 0.3) is 0 Å². The van der Waals surface area contributed by atoms with Gasteiger partial charge in [-0.05, 0) is 24.1 Å². The normalized spacial score (nSPS) is 14.2. The molecule has 106 valence electrons. The molecule has 0 radical (unpaired) electrons. The van der Waals surface area contributed by atoms with Crippen molar-refractivity contribution in [2.75, 3.05) is 19.8 Å². The molecule has 1 amide bonds. The van der Waals surface area contributed by atoms with E-state index >= 15 is 0 Å². The molecule has 0 spiro atoms. The maximum atomic E-state index is 11.6. The van der Waals surface area contributed by atoms with Crippen LogP contribution in [0.25, 0.3) is 0 Å². The van der Waals surface area contributed by atoms with Gasteiger partial charge in [0.2, 0.25) is 5.91 Å². The predicted octanol–water partition coefficient (Wildman–Crippen LogP) is 0.467. The van der Waals surface area contributed by atoms with Crippen molar-refractivity contribution < 1.29 is 14.3 Å². The number of terminal acetylenes is 1. The number of hydrogen-bond acceptors (Lipinski definition) is 4. The summed E-state index contributed by atoms with van der Waals surface area (Å²) in [6, 6.07) is 5.14. The summed E-state index contributed by atoms with van der Waals surface area (Å²) in [4.78, 5) is 11.6. The Morgan fingerprint density at radius 2 is 2.15 bits per heavy atom. The van der Waals surface area contributed by atoms with Crippen molar-refractivity contribution in [1.82, 2.24) is 5.32 Å². The van der Waals surface area contributed by atoms with Crippen LogP contribution < -0.4 is 20.5 Å². The second-order valence-electron chi connectivity index (χ2n) is 4.53. The summed E-state index contributed by atoms with van der Waals surface area (Å²) in [7, 11) is 0. The zero-order chi connectivity index (χ0) is 14.4. The molecule has 1 aromatic carbocycles. The Morgan fingerprint density at radius 3 is 2.90 bits per heavy atom. The van der Waals surface area contributed by atoms with Gasteiger partial charge in [-0.3, -0.25) is 4.79 Å². The Labute approximate surface area is 118 Å². The van der Waals surface area contributed by atoms with Crippen molar-refractivity contribution in [2.45, 2.75) is 18.9 Å². The van der Waals surface area contributed by atoms with Crippen LogP contribution in [0.1, 0.15) is 12.0 Å². The Kier molecular flexibility index (Phi) is 4.85. The summed E-state index contributed by atoms with van der Waals surface area (Å²) in [5, 5.41) is 2.76. The van der Waals surface area contributed by atoms with Crippen molar-refractivity contribution in [3.8, 4) is 23.8 Å². The van der Waals surface area contributed by atoms with Gasteiger partial charge in [0.1, 0.15) is 13.2 Å². The molecule has 0 aromatic heterocycles. The molecule has 5 nitrogen and oxygen atoms in total. The lowest BCUT2D eigenvalue weighted by atomic mass is 10.1. The quantitative estimate of drug-likeness (QED) is 0.765. The molecule has 1 aliphatic heterocycles. The molecule has 0 saturated carbocycles. The Bertz CT molecular complexity index is 522. The van der Waals surface area contributed by atoms with Crippen LogP contribution >= 0.6 is 0 Å². The van der Waals surface area contributed by atoms with Gasteiger partial charge in [0, 0.05) is 13.0 Å². The van der Waals surface area contributed by atoms with Crippen LogP contribution in [0.15, 0.2) is 18.2 Å². The second kappa shape index (κ2) is 6.83. The monoisotopic (exact) mass is 274 g/mol. The average Bonchev–Trinajstić information content (AvgIpc) is 2.47. The van der Waals surface area contributed by atoms with Crippen LogP contribution in [-0.4, -0.2) is 31.7 Å². The SMILES string of the molecule is C#CCC(N)C(=O)NCCc1ccc2c(c1)OCCO2. The third-order valence-corrected chi connectivity index (χ3v) is 2.99. The number of nitrogens with two attached hydrogens (primary N) is 1. The molecule has 2 rings (SSSR count). The van der Waals surface area contributed by atoms with E-state index in [2.05, 4.69) is 11.2 Å². The van der Waals surface area contributed by atoms with Crippen LogP contribution in [0.4, 0.5) is 0 Å². The van der Waals surface area contributed by atoms with Gasteiger partial charge in [-0.1, -0.05) is 6.07 Å². The van der Waals surface area contributed by atoms with Crippen molar-refractivity contribution in [2.24, 2.45) is 5.73 Å². The van der Waals surface area contributed by atoms with E-state index in [1.54, 1.807) is 0 Å². The molecule has 5 heteroatoms. The van der Waals surface area contributed by atoms with E-state index in [1.165, 1.54) is 0 Å². The minimum absolute atomic E-state index is 0.222. The largest absolute Gasteiger partial charge is 0.486 e. The molecule has 0 saturated heterocycles. The van der Waals surface area contributed by atoms with E-state index in [0.29, 0.717) is 26.2 Å². The number of rotatable bonds is 5. The van der Waals surface area contributed by atoms with Gasteiger partial charge in [-0.2, -0.15) is 0 Å². The zero-order valence-corrected chi connectivity index (χ0v) is 11.2. The van der Waals surface area contributed by atoms with Crippen molar-refractivity contribution in [1.29, 1.82) is 0 Å². The lowest BCUT2D eigenvalue weighted by Crippen LogP contribution is -2.41. The number of carbonyl (C=O) groups excluding carboxylic acids is 1. The first-order valence-corrected chi connectivity index (χ1v) is 6.56. The molecule has 0 fully saturated rings. The van der Waals surface area contributed by atoms with Crippen LogP contribution in [0.2, 0.25) is 0 Å². The number of benzene rings is 1. The minimum Gasteiger partial charge on any atom is -0.486 e. The zero-order valence-electron chi connectivity index (χ0n) is 11.2. The first-order valence-electron chi connectivity index (χ1n) is 6.56. The minimum atomic E-state index is -0.639. The van der Waals surface area contributed by atoms with Gasteiger partial charge in [-0.25, -0.2) is 0 Å². The highest BCUT2D eigenvalue weighted by Gasteiger charge is 2.13. The van der Waals surface area contributed by atoms with E-state index in [1.807, 2.05) is 18.2 Å². The average molecular weight is 274 g/mol. The molecule has 0 aliphatic carbocycles. The number of ether oxygens (including phenoxy) is 2. The van der Waals surface area contributed by atoms with E-state index in [0.717, 1.165) is 17.1 Å². The summed E-state index contributed by atoms with van der Waals surface area (Å²) >= 11 is 0. The van der Waals surface area contributed by atoms with Crippen molar-refractivity contribution in [3.63, 3.8) is 0 Å². The van der Waals surface area contributed by atoms with Crippen LogP contribution in [0, 0.1) is 12.3 Å². The molecule has 1 atom stereocenters. The van der Waals surface area contributed by atoms with Gasteiger partial charge >= 0.3 is 0 Å². The number of carbonyl (C=O) groups is 1. The molecule has 20 heavy (non-hydrogen) atoms. The number of hydrogen-bond donors (Lipinski definition) is 2. The topological polar surface area (TPSA) is 73.6 Å². The smallest absolute Gasteiger partial charge is 0.237 e. The molecule has 3 N–H and O–H groups in total. The van der Waals surface area contributed by atoms with Gasteiger partial charge in [0.05, 0.1) is 6.04 Å². The van der Waals surface area contributed by atoms with Crippen LogP contribution in [0.3, 0.4) is 0 Å². The molecular weight excluding hydrogens is 256 g/mol. The van der Waals surface area contributed by atoms with Crippen LogP contribution in [0.5, 0.6) is 11.5 Å². The summed E-state index contributed by atoms with van der Waals surface area (Å²) in [5.41, 5.74) is 6.68. The first-order chi connectivity index (χ1) is 9.70. The fraction of sp³-hybridized carbons (Fsp3) is 0.400. The Hall–Kier alpha value is -2.19. The second-order valence-corrected chi connectivity index (χ2v) is 4.53. The van der Waals surface area contributed by atoms with E-state index in [4.69, 9.17) is 21.6 Å². The lowest BCUT2D eigenvalue weighted by Gasteiger charge is -2.19. The van der Waals surface area contributed by atoms with E-state index in [-0.39, 0.29) is 12.3 Å². The van der Waals surface area contributed by atoms with Crippen molar-refractivity contribution in [3.05, 3.63) is 23.8 Å². The summed E-state index contributed by atoms with van der Waals surface area (Å²) in [6.07, 6.45) is 6.06. The molecular formula is C15H18N2O3. The summed E-state index contributed by atoms with van der Waals surface area (Å²) < 4.78 is 11.0. The summed E-state index contributed by atoms with van der Waals surface area (Å²) in [5.74, 6) is 3.67. The Morgan fingerprint density at radius 1 is 1.40 bits per heavy atom. The summed E-state index contributed by atoms with van der Waals surface area (Å²) in [6.45, 7) is 1.65. The lowest BCUT2D eigenvalue weighted by molar-refractivity contribution is -0.122. The maximum Gasteiger partial charge on any atom is 0.237 e. The molecule has 1 aliphatic rings. The van der Waals surface area contributed by atoms with Gasteiger partial charge in [-0.15, -0.1) is 12.3 Å². The highest BCUT2D eigenvalue weighted by molar-refractivity contribution is 5.81. The highest BCUT2D eigenvalue weighted by atomic mass is 16.6. The van der Waals surface area contributed by atoms with Crippen molar-refractivity contribution >= 4 is 5.91 Å². The molecule has 1 heterocycles. The fourth-order valence-electron chi connectivity index (χ4n) is 1.92. The number of fused-ring (bicyclic) bond motifs is 1. The number of nitrogens with one attached hydrogen (secondary N) is 1. The molecule has 1 unspecified atom stereocenters. The van der Waals surface area contributed by atoms with Crippen LogP contribution in [-0.2, 0) is 11.2 Å². The van der Waals surface area contributed by atoms with E-state index in [9.17, 15) is 4.79 Å². The maximum absolute atomic E-state index is 11.6. The third-order valence-electron chi connectivity index (χ3n) is 2.99. The fourth-order valence-corrected chi connectivity index (χ4v) is 1.92. The highest BCUT2D eigenvalue weighted by Crippen LogP contribution is 2.30. The molecule has 0 bridgehead atoms.